The number of anilines is 1. The van der Waals surface area contributed by atoms with Gasteiger partial charge in [-0.25, -0.2) is 23.9 Å². The van der Waals surface area contributed by atoms with Crippen molar-refractivity contribution in [2.24, 2.45) is 0 Å². The first-order valence-electron chi connectivity index (χ1n) is 10.5. The van der Waals surface area contributed by atoms with E-state index in [1.54, 1.807) is 30.7 Å². The van der Waals surface area contributed by atoms with Crippen LogP contribution in [0.5, 0.6) is 0 Å². The van der Waals surface area contributed by atoms with Crippen LogP contribution in [0.25, 0.3) is 11.3 Å². The van der Waals surface area contributed by atoms with E-state index in [2.05, 4.69) is 30.8 Å². The van der Waals surface area contributed by atoms with Gasteiger partial charge in [0, 0.05) is 69.0 Å². The maximum atomic E-state index is 13.2. The number of pyridine rings is 1. The summed E-state index contributed by atoms with van der Waals surface area (Å²) in [6.07, 6.45) is 6.45. The highest BCUT2D eigenvalue weighted by Gasteiger charge is 2.20. The van der Waals surface area contributed by atoms with Crippen molar-refractivity contribution in [3.8, 4) is 11.3 Å². The molecule has 0 spiro atoms. The summed E-state index contributed by atoms with van der Waals surface area (Å²) >= 11 is 0. The van der Waals surface area contributed by atoms with Gasteiger partial charge in [-0.05, 0) is 42.0 Å². The zero-order valence-corrected chi connectivity index (χ0v) is 18.3. The zero-order valence-electron chi connectivity index (χ0n) is 18.3. The summed E-state index contributed by atoms with van der Waals surface area (Å²) in [5.74, 6) is -1.95. The normalized spacial score (nSPS) is 13.9. The molecular formula is C24H24FN5O4. The molecule has 9 nitrogen and oxygen atoms in total. The molecule has 1 fully saturated rings. The number of carbonyl (C=O) groups is 2. The van der Waals surface area contributed by atoms with Gasteiger partial charge in [-0.3, -0.25) is 9.88 Å². The minimum absolute atomic E-state index is 0.231. The number of aliphatic carboxylic acids is 2. The largest absolute Gasteiger partial charge is 0.478 e. The lowest BCUT2D eigenvalue weighted by atomic mass is 10.1. The summed E-state index contributed by atoms with van der Waals surface area (Å²) in [6.45, 7) is 4.50. The first-order valence-corrected chi connectivity index (χ1v) is 10.5. The van der Waals surface area contributed by atoms with E-state index in [-0.39, 0.29) is 5.82 Å². The average molecular weight is 465 g/mol. The number of hydrogen-bond acceptors (Lipinski definition) is 7. The summed E-state index contributed by atoms with van der Waals surface area (Å²) < 4.78 is 13.2. The predicted molar refractivity (Wildman–Crippen MR) is 124 cm³/mol. The molecule has 1 saturated heterocycles. The smallest absolute Gasteiger partial charge is 0.328 e. The Labute approximate surface area is 195 Å². The van der Waals surface area contributed by atoms with Crippen LogP contribution in [0, 0.1) is 5.82 Å². The van der Waals surface area contributed by atoms with Crippen LogP contribution in [-0.2, 0) is 16.1 Å². The van der Waals surface area contributed by atoms with Crippen molar-refractivity contribution < 1.29 is 24.2 Å². The highest BCUT2D eigenvalue weighted by atomic mass is 19.1. The number of halogens is 1. The molecule has 10 heteroatoms. The minimum atomic E-state index is -1.26. The van der Waals surface area contributed by atoms with Crippen LogP contribution >= 0.6 is 0 Å². The molecule has 0 bridgehead atoms. The Balaban J connectivity index is 0.000000350. The van der Waals surface area contributed by atoms with Crippen LogP contribution in [0.4, 0.5) is 10.3 Å². The summed E-state index contributed by atoms with van der Waals surface area (Å²) in [5.41, 5.74) is 3.02. The van der Waals surface area contributed by atoms with E-state index in [1.165, 1.54) is 12.1 Å². The van der Waals surface area contributed by atoms with E-state index in [1.807, 2.05) is 12.1 Å². The van der Waals surface area contributed by atoms with Crippen LogP contribution in [-0.4, -0.2) is 68.2 Å². The number of aromatic nitrogens is 3. The maximum absolute atomic E-state index is 13.2. The summed E-state index contributed by atoms with van der Waals surface area (Å²) in [5, 5.41) is 15.6. The molecule has 3 heterocycles. The molecule has 0 aliphatic carbocycles. The van der Waals surface area contributed by atoms with E-state index in [4.69, 9.17) is 10.2 Å². The fourth-order valence-corrected chi connectivity index (χ4v) is 3.38. The Kier molecular flexibility index (Phi) is 8.75. The molecule has 0 atom stereocenters. The molecule has 1 aliphatic heterocycles. The first kappa shape index (κ1) is 24.5. The van der Waals surface area contributed by atoms with Gasteiger partial charge < -0.3 is 15.1 Å². The molecular weight excluding hydrogens is 441 g/mol. The molecule has 2 aromatic heterocycles. The fraction of sp³-hybridized carbons (Fsp3) is 0.208. The molecule has 0 saturated carbocycles. The van der Waals surface area contributed by atoms with E-state index in [9.17, 15) is 14.0 Å². The monoisotopic (exact) mass is 465 g/mol. The van der Waals surface area contributed by atoms with Gasteiger partial charge in [-0.1, -0.05) is 6.07 Å². The van der Waals surface area contributed by atoms with Gasteiger partial charge in [0.1, 0.15) is 5.82 Å². The molecule has 1 aromatic carbocycles. The standard InChI is InChI=1S/C20H20FN5.C4H4O4/c21-18-6-4-16(5-7-18)19-17(3-1-8-22-19)15-25-11-13-26(14-12-25)20-23-9-2-10-24-20;5-3(6)1-2-4(7)8/h1-10H,11-15H2;1-2H,(H,5,6)(H,7,8). The van der Waals surface area contributed by atoms with Crippen molar-refractivity contribution in [2.45, 2.75) is 6.54 Å². The minimum Gasteiger partial charge on any atom is -0.478 e. The Bertz CT molecular complexity index is 1100. The van der Waals surface area contributed by atoms with Crippen molar-refractivity contribution in [3.63, 3.8) is 0 Å². The van der Waals surface area contributed by atoms with Crippen molar-refractivity contribution in [1.29, 1.82) is 0 Å². The third-order valence-corrected chi connectivity index (χ3v) is 4.98. The van der Waals surface area contributed by atoms with Crippen LogP contribution < -0.4 is 4.90 Å². The molecule has 2 N–H and O–H groups in total. The van der Waals surface area contributed by atoms with Crippen LogP contribution in [0.15, 0.2) is 73.2 Å². The summed E-state index contributed by atoms with van der Waals surface area (Å²) in [4.78, 5) is 36.9. The van der Waals surface area contributed by atoms with E-state index in [0.717, 1.165) is 55.5 Å². The molecule has 3 aromatic rings. The lowest BCUT2D eigenvalue weighted by molar-refractivity contribution is -0.134. The second kappa shape index (κ2) is 12.2. The SMILES string of the molecule is Fc1ccc(-c2ncccc2CN2CCN(c3ncccn3)CC2)cc1.O=C(O)C=CC(=O)O. The molecule has 1 aliphatic rings. The average Bonchev–Trinajstić information content (AvgIpc) is 2.85. The van der Waals surface area contributed by atoms with Crippen molar-refractivity contribution in [2.75, 3.05) is 31.1 Å². The van der Waals surface area contributed by atoms with Gasteiger partial charge in [-0.15, -0.1) is 0 Å². The number of carboxylic acid groups (broad SMARTS) is 2. The number of carboxylic acids is 2. The number of hydrogen-bond donors (Lipinski definition) is 2. The first-order chi connectivity index (χ1) is 16.4. The third kappa shape index (κ3) is 7.45. The van der Waals surface area contributed by atoms with E-state index >= 15 is 0 Å². The Morgan fingerprint density at radius 2 is 1.44 bits per heavy atom. The number of nitrogens with zero attached hydrogens (tertiary/aromatic N) is 5. The van der Waals surface area contributed by atoms with Gasteiger partial charge in [-0.2, -0.15) is 0 Å². The second-order valence-corrected chi connectivity index (χ2v) is 7.34. The van der Waals surface area contributed by atoms with E-state index in [0.29, 0.717) is 12.2 Å². The lowest BCUT2D eigenvalue weighted by Crippen LogP contribution is -2.46. The van der Waals surface area contributed by atoms with E-state index < -0.39 is 11.9 Å². The molecule has 0 radical (unpaired) electrons. The fourth-order valence-electron chi connectivity index (χ4n) is 3.38. The van der Waals surface area contributed by atoms with Crippen molar-refractivity contribution in [3.05, 3.63) is 84.6 Å². The second-order valence-electron chi connectivity index (χ2n) is 7.34. The molecule has 4 rings (SSSR count). The zero-order chi connectivity index (χ0) is 24.3. The molecule has 176 valence electrons. The highest BCUT2D eigenvalue weighted by molar-refractivity contribution is 5.89. The Morgan fingerprint density at radius 3 is 2.03 bits per heavy atom. The highest BCUT2D eigenvalue weighted by Crippen LogP contribution is 2.23. The number of rotatable bonds is 6. The number of piperazine rings is 1. The van der Waals surface area contributed by atoms with Crippen molar-refractivity contribution >= 4 is 17.9 Å². The quantitative estimate of drug-likeness (QED) is 0.530. The van der Waals surface area contributed by atoms with Gasteiger partial charge in [0.15, 0.2) is 0 Å². The van der Waals surface area contributed by atoms with Gasteiger partial charge in [0.05, 0.1) is 5.69 Å². The van der Waals surface area contributed by atoms with Crippen LogP contribution in [0.3, 0.4) is 0 Å². The topological polar surface area (TPSA) is 120 Å². The van der Waals surface area contributed by atoms with Crippen LogP contribution in [0.2, 0.25) is 0 Å². The summed E-state index contributed by atoms with van der Waals surface area (Å²) in [6, 6.07) is 12.4. The van der Waals surface area contributed by atoms with Gasteiger partial charge in [0.2, 0.25) is 5.95 Å². The van der Waals surface area contributed by atoms with Gasteiger partial charge >= 0.3 is 11.9 Å². The molecule has 0 unspecified atom stereocenters. The molecule has 0 amide bonds. The lowest BCUT2D eigenvalue weighted by Gasteiger charge is -2.34. The summed E-state index contributed by atoms with van der Waals surface area (Å²) in [7, 11) is 0. The van der Waals surface area contributed by atoms with Gasteiger partial charge in [0.25, 0.3) is 0 Å². The Morgan fingerprint density at radius 1 is 0.853 bits per heavy atom. The molecule has 34 heavy (non-hydrogen) atoms. The Hall–Kier alpha value is -4.18. The third-order valence-electron chi connectivity index (χ3n) is 4.98. The number of benzene rings is 1. The predicted octanol–water partition coefficient (Wildman–Crippen LogP) is 2.71. The maximum Gasteiger partial charge on any atom is 0.328 e. The van der Waals surface area contributed by atoms with Crippen molar-refractivity contribution in [1.82, 2.24) is 19.9 Å². The van der Waals surface area contributed by atoms with Crippen LogP contribution in [0.1, 0.15) is 5.56 Å².